The van der Waals surface area contributed by atoms with Crippen molar-refractivity contribution in [2.45, 2.75) is 59.6 Å². The molecule has 3 heteroatoms. The largest absolute Gasteiger partial charge is 0.393 e. The van der Waals surface area contributed by atoms with Crippen molar-refractivity contribution in [1.29, 1.82) is 0 Å². The highest BCUT2D eigenvalue weighted by atomic mass is 16.3. The lowest BCUT2D eigenvalue weighted by Gasteiger charge is -2.25. The number of aliphatic hydroxyl groups is 1. The predicted molar refractivity (Wildman–Crippen MR) is 66.3 cm³/mol. The SMILES string of the molecule is CCCn1nccc1CCC(O)C(C)(C)C. The lowest BCUT2D eigenvalue weighted by Crippen LogP contribution is -2.26. The second-order valence-electron chi connectivity index (χ2n) is 5.47. The molecule has 0 spiro atoms. The summed E-state index contributed by atoms with van der Waals surface area (Å²) < 4.78 is 2.04. The van der Waals surface area contributed by atoms with Gasteiger partial charge in [0.1, 0.15) is 0 Å². The van der Waals surface area contributed by atoms with Crippen LogP contribution in [0, 0.1) is 5.41 Å². The fraction of sp³-hybridized carbons (Fsp3) is 0.769. The Balaban J connectivity index is 2.51. The van der Waals surface area contributed by atoms with Gasteiger partial charge < -0.3 is 5.11 Å². The van der Waals surface area contributed by atoms with Crippen molar-refractivity contribution in [3.8, 4) is 0 Å². The van der Waals surface area contributed by atoms with Gasteiger partial charge in [-0.05, 0) is 30.7 Å². The normalized spacial score (nSPS) is 14.1. The van der Waals surface area contributed by atoms with Crippen LogP contribution in [0.1, 0.15) is 46.2 Å². The quantitative estimate of drug-likeness (QED) is 0.835. The molecule has 0 aliphatic heterocycles. The summed E-state index contributed by atoms with van der Waals surface area (Å²) in [5, 5.41) is 14.3. The van der Waals surface area contributed by atoms with Crippen LogP contribution in [0.25, 0.3) is 0 Å². The van der Waals surface area contributed by atoms with Crippen molar-refractivity contribution in [1.82, 2.24) is 9.78 Å². The topological polar surface area (TPSA) is 38.0 Å². The first-order valence-corrected chi connectivity index (χ1v) is 6.14. The Morgan fingerprint density at radius 3 is 2.69 bits per heavy atom. The number of nitrogens with zero attached hydrogens (tertiary/aromatic N) is 2. The van der Waals surface area contributed by atoms with Crippen molar-refractivity contribution in [3.05, 3.63) is 18.0 Å². The number of hydrogen-bond acceptors (Lipinski definition) is 2. The summed E-state index contributed by atoms with van der Waals surface area (Å²) in [6.45, 7) is 9.33. The number of aliphatic hydroxyl groups excluding tert-OH is 1. The maximum atomic E-state index is 9.98. The summed E-state index contributed by atoms with van der Waals surface area (Å²) >= 11 is 0. The third-order valence-corrected chi connectivity index (χ3v) is 2.91. The second-order valence-corrected chi connectivity index (χ2v) is 5.47. The Morgan fingerprint density at radius 2 is 2.12 bits per heavy atom. The van der Waals surface area contributed by atoms with E-state index in [2.05, 4.69) is 32.8 Å². The molecule has 1 aromatic heterocycles. The van der Waals surface area contributed by atoms with Gasteiger partial charge in [-0.25, -0.2) is 0 Å². The molecular formula is C13H24N2O. The Labute approximate surface area is 98.5 Å². The molecule has 1 heterocycles. The van der Waals surface area contributed by atoms with Gasteiger partial charge in [-0.1, -0.05) is 27.7 Å². The molecule has 1 aromatic rings. The van der Waals surface area contributed by atoms with Crippen LogP contribution in [0.5, 0.6) is 0 Å². The molecule has 1 unspecified atom stereocenters. The molecule has 1 rings (SSSR count). The fourth-order valence-electron chi connectivity index (χ4n) is 1.70. The molecule has 0 saturated heterocycles. The molecular weight excluding hydrogens is 200 g/mol. The lowest BCUT2D eigenvalue weighted by molar-refractivity contribution is 0.0555. The van der Waals surface area contributed by atoms with Crippen molar-refractivity contribution in [2.24, 2.45) is 5.41 Å². The molecule has 92 valence electrons. The van der Waals surface area contributed by atoms with E-state index in [1.807, 2.05) is 16.9 Å². The summed E-state index contributed by atoms with van der Waals surface area (Å²) in [5.41, 5.74) is 1.19. The molecule has 0 bridgehead atoms. The van der Waals surface area contributed by atoms with Gasteiger partial charge in [-0.15, -0.1) is 0 Å². The molecule has 0 fully saturated rings. The molecule has 1 atom stereocenters. The molecule has 3 nitrogen and oxygen atoms in total. The summed E-state index contributed by atoms with van der Waals surface area (Å²) in [6.07, 6.45) is 4.39. The molecule has 0 saturated carbocycles. The fourth-order valence-corrected chi connectivity index (χ4v) is 1.70. The third kappa shape index (κ3) is 3.63. The van der Waals surface area contributed by atoms with Crippen LogP contribution in [-0.2, 0) is 13.0 Å². The van der Waals surface area contributed by atoms with Gasteiger partial charge in [0, 0.05) is 18.4 Å². The van der Waals surface area contributed by atoms with Crippen LogP contribution in [0.4, 0.5) is 0 Å². The molecule has 0 radical (unpaired) electrons. The average molecular weight is 224 g/mol. The maximum Gasteiger partial charge on any atom is 0.0592 e. The van der Waals surface area contributed by atoms with Gasteiger partial charge in [0.05, 0.1) is 6.10 Å². The smallest absolute Gasteiger partial charge is 0.0592 e. The number of rotatable bonds is 5. The summed E-state index contributed by atoms with van der Waals surface area (Å²) in [6, 6.07) is 2.05. The molecule has 0 aliphatic rings. The first-order valence-electron chi connectivity index (χ1n) is 6.14. The van der Waals surface area contributed by atoms with Gasteiger partial charge >= 0.3 is 0 Å². The van der Waals surface area contributed by atoms with Crippen LogP contribution in [0.15, 0.2) is 12.3 Å². The van der Waals surface area contributed by atoms with E-state index < -0.39 is 0 Å². The Bertz CT molecular complexity index is 312. The Hall–Kier alpha value is -0.830. The minimum atomic E-state index is -0.252. The van der Waals surface area contributed by atoms with Gasteiger partial charge in [-0.3, -0.25) is 4.68 Å². The third-order valence-electron chi connectivity index (χ3n) is 2.91. The highest BCUT2D eigenvalue weighted by Crippen LogP contribution is 2.22. The minimum absolute atomic E-state index is 0.0321. The van der Waals surface area contributed by atoms with E-state index in [0.717, 1.165) is 25.8 Å². The van der Waals surface area contributed by atoms with Crippen molar-refractivity contribution in [3.63, 3.8) is 0 Å². The number of aryl methyl sites for hydroxylation is 2. The van der Waals surface area contributed by atoms with Gasteiger partial charge in [0.2, 0.25) is 0 Å². The van der Waals surface area contributed by atoms with Crippen LogP contribution in [0.2, 0.25) is 0 Å². The Morgan fingerprint density at radius 1 is 1.44 bits per heavy atom. The van der Waals surface area contributed by atoms with Crippen LogP contribution >= 0.6 is 0 Å². The Kier molecular flexibility index (Phi) is 4.54. The van der Waals surface area contributed by atoms with Crippen LogP contribution < -0.4 is 0 Å². The van der Waals surface area contributed by atoms with E-state index in [1.165, 1.54) is 5.69 Å². The molecule has 1 N–H and O–H groups in total. The zero-order chi connectivity index (χ0) is 12.2. The molecule has 0 aliphatic carbocycles. The summed E-state index contributed by atoms with van der Waals surface area (Å²) in [7, 11) is 0. The zero-order valence-corrected chi connectivity index (χ0v) is 10.9. The molecule has 16 heavy (non-hydrogen) atoms. The van der Waals surface area contributed by atoms with Gasteiger partial charge in [-0.2, -0.15) is 5.10 Å². The monoisotopic (exact) mass is 224 g/mol. The molecule has 0 aromatic carbocycles. The van der Waals surface area contributed by atoms with E-state index >= 15 is 0 Å². The van der Waals surface area contributed by atoms with Gasteiger partial charge in [0.15, 0.2) is 0 Å². The summed E-state index contributed by atoms with van der Waals surface area (Å²) in [5.74, 6) is 0. The minimum Gasteiger partial charge on any atom is -0.393 e. The standard InChI is InChI=1S/C13H24N2O/c1-5-10-15-11(8-9-14-15)6-7-12(16)13(2,3)4/h8-9,12,16H,5-7,10H2,1-4H3. The highest BCUT2D eigenvalue weighted by molar-refractivity contribution is 5.01. The first-order chi connectivity index (χ1) is 7.45. The van der Waals surface area contributed by atoms with E-state index in [-0.39, 0.29) is 11.5 Å². The average Bonchev–Trinajstić information content (AvgIpc) is 2.61. The van der Waals surface area contributed by atoms with E-state index in [9.17, 15) is 5.11 Å². The van der Waals surface area contributed by atoms with E-state index in [1.54, 1.807) is 0 Å². The maximum absolute atomic E-state index is 9.98. The van der Waals surface area contributed by atoms with Crippen molar-refractivity contribution in [2.75, 3.05) is 0 Å². The summed E-state index contributed by atoms with van der Waals surface area (Å²) in [4.78, 5) is 0. The second kappa shape index (κ2) is 5.48. The van der Waals surface area contributed by atoms with Crippen molar-refractivity contribution >= 4 is 0 Å². The van der Waals surface area contributed by atoms with Crippen LogP contribution in [0.3, 0.4) is 0 Å². The first kappa shape index (κ1) is 13.2. The molecule has 0 amide bonds. The zero-order valence-electron chi connectivity index (χ0n) is 10.9. The van der Waals surface area contributed by atoms with Crippen molar-refractivity contribution < 1.29 is 5.11 Å². The van der Waals surface area contributed by atoms with Gasteiger partial charge in [0.25, 0.3) is 0 Å². The van der Waals surface area contributed by atoms with E-state index in [4.69, 9.17) is 0 Å². The highest BCUT2D eigenvalue weighted by Gasteiger charge is 2.21. The van der Waals surface area contributed by atoms with E-state index in [0.29, 0.717) is 0 Å². The number of hydrogen-bond donors (Lipinski definition) is 1. The van der Waals surface area contributed by atoms with Crippen LogP contribution in [-0.4, -0.2) is 21.0 Å². The number of aromatic nitrogens is 2. The predicted octanol–water partition coefficient (Wildman–Crippen LogP) is 2.63. The lowest BCUT2D eigenvalue weighted by atomic mass is 9.86.